The van der Waals surface area contributed by atoms with E-state index in [1.807, 2.05) is 25.7 Å². The maximum absolute atomic E-state index is 12.6. The number of benzene rings is 1. The van der Waals surface area contributed by atoms with Gasteiger partial charge in [0.15, 0.2) is 0 Å². The van der Waals surface area contributed by atoms with Gasteiger partial charge in [0.25, 0.3) is 0 Å². The van der Waals surface area contributed by atoms with Crippen LogP contribution in [0.5, 0.6) is 0 Å². The van der Waals surface area contributed by atoms with Crippen LogP contribution in [0.2, 0.25) is 0 Å². The third-order valence-electron chi connectivity index (χ3n) is 5.14. The molecular weight excluding hydrogens is 312 g/mol. The summed E-state index contributed by atoms with van der Waals surface area (Å²) >= 11 is 0. The zero-order chi connectivity index (χ0) is 18.0. The van der Waals surface area contributed by atoms with E-state index < -0.39 is 5.60 Å². The zero-order valence-electron chi connectivity index (χ0n) is 16.1. The molecule has 2 fully saturated rings. The van der Waals surface area contributed by atoms with Crippen molar-refractivity contribution in [3.63, 3.8) is 0 Å². The van der Waals surface area contributed by atoms with Gasteiger partial charge in [0.1, 0.15) is 5.60 Å². The smallest absolute Gasteiger partial charge is 0.410 e. The van der Waals surface area contributed by atoms with Crippen molar-refractivity contribution in [3.05, 3.63) is 35.9 Å². The summed E-state index contributed by atoms with van der Waals surface area (Å²) in [6.45, 7) is 12.1. The first-order valence-electron chi connectivity index (χ1n) is 9.58. The van der Waals surface area contributed by atoms with Gasteiger partial charge in [-0.15, -0.1) is 0 Å². The van der Waals surface area contributed by atoms with Crippen molar-refractivity contribution < 1.29 is 9.53 Å². The minimum atomic E-state index is -0.426. The van der Waals surface area contributed by atoms with E-state index in [2.05, 4.69) is 42.2 Å². The predicted octanol–water partition coefficient (Wildman–Crippen LogP) is 4.15. The highest BCUT2D eigenvalue weighted by Gasteiger charge is 2.39. The molecule has 0 radical (unpaired) electrons. The van der Waals surface area contributed by atoms with E-state index in [1.54, 1.807) is 0 Å². The average molecular weight is 344 g/mol. The molecular formula is C21H32N2O2. The van der Waals surface area contributed by atoms with E-state index in [4.69, 9.17) is 4.74 Å². The van der Waals surface area contributed by atoms with E-state index in [-0.39, 0.29) is 6.09 Å². The normalized spacial score (nSPS) is 24.3. The number of hydrogen-bond acceptors (Lipinski definition) is 3. The molecule has 2 aliphatic rings. The number of hydrogen-bond donors (Lipinski definition) is 0. The van der Waals surface area contributed by atoms with Crippen molar-refractivity contribution >= 4 is 6.09 Å². The summed E-state index contributed by atoms with van der Waals surface area (Å²) in [6.07, 6.45) is 2.10. The number of nitrogens with zero attached hydrogens (tertiary/aromatic N) is 2. The summed E-state index contributed by atoms with van der Waals surface area (Å²) in [5, 5.41) is 0. The zero-order valence-corrected chi connectivity index (χ0v) is 16.1. The maximum atomic E-state index is 12.6. The molecule has 0 unspecified atom stereocenters. The number of carbonyl (C=O) groups is 1. The summed E-state index contributed by atoms with van der Waals surface area (Å²) in [5.41, 5.74) is 0.937. The first-order chi connectivity index (χ1) is 11.8. The fraction of sp³-hybridized carbons (Fsp3) is 0.667. The third kappa shape index (κ3) is 5.21. The first kappa shape index (κ1) is 18.2. The van der Waals surface area contributed by atoms with Crippen molar-refractivity contribution in [2.75, 3.05) is 19.6 Å². The van der Waals surface area contributed by atoms with Crippen LogP contribution in [0.25, 0.3) is 0 Å². The van der Waals surface area contributed by atoms with Crippen molar-refractivity contribution in [2.45, 2.75) is 58.7 Å². The van der Waals surface area contributed by atoms with Crippen LogP contribution in [0.15, 0.2) is 30.3 Å². The molecule has 1 heterocycles. The van der Waals surface area contributed by atoms with Crippen molar-refractivity contribution in [3.8, 4) is 0 Å². The van der Waals surface area contributed by atoms with E-state index in [9.17, 15) is 4.79 Å². The lowest BCUT2D eigenvalue weighted by atomic mass is 9.97. The maximum Gasteiger partial charge on any atom is 0.410 e. The molecule has 2 atom stereocenters. The van der Waals surface area contributed by atoms with Gasteiger partial charge in [0, 0.05) is 32.2 Å². The highest BCUT2D eigenvalue weighted by atomic mass is 16.6. The molecule has 1 aromatic rings. The predicted molar refractivity (Wildman–Crippen MR) is 100 cm³/mol. The Morgan fingerprint density at radius 1 is 1.20 bits per heavy atom. The number of rotatable bonds is 5. The fourth-order valence-electron chi connectivity index (χ4n) is 3.68. The Bertz CT molecular complexity index is 577. The summed E-state index contributed by atoms with van der Waals surface area (Å²) in [4.78, 5) is 17.1. The van der Waals surface area contributed by atoms with Crippen molar-refractivity contribution in [1.82, 2.24) is 9.80 Å². The third-order valence-corrected chi connectivity index (χ3v) is 5.14. The van der Waals surface area contributed by atoms with Crippen LogP contribution < -0.4 is 0 Å². The first-order valence-corrected chi connectivity index (χ1v) is 9.58. The molecule has 0 N–H and O–H groups in total. The van der Waals surface area contributed by atoms with E-state index >= 15 is 0 Å². The van der Waals surface area contributed by atoms with Gasteiger partial charge in [0.2, 0.25) is 0 Å². The van der Waals surface area contributed by atoms with Crippen LogP contribution >= 0.6 is 0 Å². The molecule has 1 amide bonds. The number of carbonyl (C=O) groups excluding carboxylic acids is 1. The van der Waals surface area contributed by atoms with E-state index in [0.29, 0.717) is 17.9 Å². The molecule has 1 saturated heterocycles. The van der Waals surface area contributed by atoms with Crippen LogP contribution in [-0.4, -0.2) is 47.2 Å². The number of amides is 1. The Kier molecular flexibility index (Phi) is 5.38. The Morgan fingerprint density at radius 2 is 1.88 bits per heavy atom. The summed E-state index contributed by atoms with van der Waals surface area (Å²) in [6, 6.07) is 11.0. The Balaban J connectivity index is 1.58. The molecule has 3 rings (SSSR count). The molecule has 0 bridgehead atoms. The molecule has 1 aromatic carbocycles. The van der Waals surface area contributed by atoms with Gasteiger partial charge >= 0.3 is 6.09 Å². The molecule has 1 aliphatic heterocycles. The van der Waals surface area contributed by atoms with Crippen LogP contribution in [0.1, 0.15) is 46.1 Å². The van der Waals surface area contributed by atoms with Gasteiger partial charge in [-0.2, -0.15) is 0 Å². The van der Waals surface area contributed by atoms with Crippen LogP contribution in [0, 0.1) is 11.8 Å². The van der Waals surface area contributed by atoms with Gasteiger partial charge in [-0.05, 0) is 51.0 Å². The second kappa shape index (κ2) is 7.36. The quantitative estimate of drug-likeness (QED) is 0.804. The Labute approximate surface area is 152 Å². The lowest BCUT2D eigenvalue weighted by molar-refractivity contribution is 0.0195. The summed E-state index contributed by atoms with van der Waals surface area (Å²) in [7, 11) is 0. The van der Waals surface area contributed by atoms with Gasteiger partial charge < -0.3 is 9.64 Å². The molecule has 0 aromatic heterocycles. The van der Waals surface area contributed by atoms with Crippen LogP contribution in [-0.2, 0) is 11.3 Å². The molecule has 0 spiro atoms. The monoisotopic (exact) mass is 344 g/mol. The highest BCUT2D eigenvalue weighted by Crippen LogP contribution is 2.32. The van der Waals surface area contributed by atoms with Crippen LogP contribution in [0.3, 0.4) is 0 Å². The SMILES string of the molecule is C[C@H]1CN(Cc2ccccc2)C[C@@H]1CN(C(=O)OC(C)(C)C)C1CC1. The lowest BCUT2D eigenvalue weighted by Gasteiger charge is -2.30. The molecule has 1 saturated carbocycles. The van der Waals surface area contributed by atoms with Crippen molar-refractivity contribution in [2.24, 2.45) is 11.8 Å². The number of ether oxygens (including phenoxy) is 1. The van der Waals surface area contributed by atoms with Gasteiger partial charge in [-0.3, -0.25) is 4.90 Å². The molecule has 4 heteroatoms. The van der Waals surface area contributed by atoms with E-state index in [0.717, 1.165) is 39.0 Å². The summed E-state index contributed by atoms with van der Waals surface area (Å²) < 4.78 is 5.64. The molecule has 25 heavy (non-hydrogen) atoms. The standard InChI is InChI=1S/C21H32N2O2/c1-16-12-22(13-17-8-6-5-7-9-17)14-18(16)15-23(19-10-11-19)20(24)25-21(2,3)4/h5-9,16,18-19H,10-15H2,1-4H3/t16-,18+/m0/s1. The largest absolute Gasteiger partial charge is 0.444 e. The Morgan fingerprint density at radius 3 is 2.48 bits per heavy atom. The van der Waals surface area contributed by atoms with Gasteiger partial charge in [0.05, 0.1) is 0 Å². The van der Waals surface area contributed by atoms with Crippen LogP contribution in [0.4, 0.5) is 4.79 Å². The van der Waals surface area contributed by atoms with Crippen molar-refractivity contribution in [1.29, 1.82) is 0 Å². The minimum Gasteiger partial charge on any atom is -0.444 e. The molecule has 1 aliphatic carbocycles. The lowest BCUT2D eigenvalue weighted by Crippen LogP contribution is -2.42. The fourth-order valence-corrected chi connectivity index (χ4v) is 3.68. The molecule has 4 nitrogen and oxygen atoms in total. The topological polar surface area (TPSA) is 32.8 Å². The minimum absolute atomic E-state index is 0.135. The molecule has 138 valence electrons. The van der Waals surface area contributed by atoms with Gasteiger partial charge in [-0.1, -0.05) is 37.3 Å². The average Bonchev–Trinajstić information content (AvgIpc) is 3.29. The van der Waals surface area contributed by atoms with E-state index in [1.165, 1.54) is 5.56 Å². The number of likely N-dealkylation sites (tertiary alicyclic amines) is 1. The Hall–Kier alpha value is -1.55. The second-order valence-electron chi connectivity index (χ2n) is 8.78. The summed E-state index contributed by atoms with van der Waals surface area (Å²) in [5.74, 6) is 1.13. The van der Waals surface area contributed by atoms with Gasteiger partial charge in [-0.25, -0.2) is 4.79 Å². The second-order valence-corrected chi connectivity index (χ2v) is 8.78. The highest BCUT2D eigenvalue weighted by molar-refractivity contribution is 5.69.